The Labute approximate surface area is 243 Å². The zero-order valence-corrected chi connectivity index (χ0v) is 22.6. The summed E-state index contributed by atoms with van der Waals surface area (Å²) in [5.74, 6) is -2.28. The van der Waals surface area contributed by atoms with Gasteiger partial charge >= 0.3 is 11.9 Å². The first-order valence-corrected chi connectivity index (χ1v) is 12.3. The van der Waals surface area contributed by atoms with E-state index in [-0.39, 0.29) is 45.4 Å². The summed E-state index contributed by atoms with van der Waals surface area (Å²) in [6, 6.07) is 16.4. The standard InChI is InChI=1S/C29H22N4O10/c1-17(34)42-24-11-7-19(15-26(24)40-2)29(37)43-23-12-10-22(33(38)39)14-20(23)16-30-32-27(35)18-5-8-21(9-6-18)31-28(36)25-4-3-13-41-25/h3-16H,1-2H3,(H,31,36)(H,32,35)/b30-16+. The maximum Gasteiger partial charge on any atom is 0.343 e. The molecule has 43 heavy (non-hydrogen) atoms. The van der Waals surface area contributed by atoms with Crippen molar-refractivity contribution in [1.29, 1.82) is 0 Å². The Kier molecular flexibility index (Phi) is 9.22. The fraction of sp³-hybridized carbons (Fsp3) is 0.0690. The Hall–Kier alpha value is -6.31. The minimum absolute atomic E-state index is 0.0161. The van der Waals surface area contributed by atoms with E-state index >= 15 is 0 Å². The Morgan fingerprint density at radius 3 is 2.26 bits per heavy atom. The normalized spacial score (nSPS) is 10.6. The van der Waals surface area contributed by atoms with Crippen molar-refractivity contribution in [3.8, 4) is 17.2 Å². The zero-order valence-electron chi connectivity index (χ0n) is 22.6. The number of anilines is 1. The number of non-ortho nitro benzene ring substituents is 1. The van der Waals surface area contributed by atoms with E-state index in [0.717, 1.165) is 18.3 Å². The van der Waals surface area contributed by atoms with Gasteiger partial charge in [0.25, 0.3) is 17.5 Å². The number of esters is 2. The molecule has 2 N–H and O–H groups in total. The molecule has 0 saturated heterocycles. The monoisotopic (exact) mass is 586 g/mol. The molecule has 0 bridgehead atoms. The van der Waals surface area contributed by atoms with Gasteiger partial charge in [0, 0.05) is 35.9 Å². The summed E-state index contributed by atoms with van der Waals surface area (Å²) in [5, 5.41) is 17.8. The van der Waals surface area contributed by atoms with Gasteiger partial charge in [-0.2, -0.15) is 5.10 Å². The first-order chi connectivity index (χ1) is 20.6. The van der Waals surface area contributed by atoms with Crippen LogP contribution in [0.4, 0.5) is 11.4 Å². The van der Waals surface area contributed by atoms with E-state index in [1.54, 1.807) is 6.07 Å². The SMILES string of the molecule is COc1cc(C(=O)Oc2ccc([N+](=O)[O-])cc2/C=N/NC(=O)c2ccc(NC(=O)c3ccco3)cc2)ccc1OC(C)=O. The Morgan fingerprint density at radius 2 is 1.60 bits per heavy atom. The minimum atomic E-state index is -0.848. The molecule has 4 rings (SSSR count). The number of hydrazone groups is 1. The highest BCUT2D eigenvalue weighted by Gasteiger charge is 2.18. The molecule has 14 heteroatoms. The number of carbonyl (C=O) groups excluding carboxylic acids is 4. The van der Waals surface area contributed by atoms with Crippen molar-refractivity contribution >= 4 is 41.3 Å². The fourth-order valence-electron chi connectivity index (χ4n) is 3.57. The van der Waals surface area contributed by atoms with Crippen LogP contribution in [0.2, 0.25) is 0 Å². The van der Waals surface area contributed by atoms with Crippen LogP contribution in [-0.4, -0.2) is 42.0 Å². The van der Waals surface area contributed by atoms with Gasteiger partial charge < -0.3 is 23.9 Å². The number of hydrogen-bond donors (Lipinski definition) is 2. The molecule has 0 aliphatic carbocycles. The molecule has 0 aliphatic heterocycles. The molecule has 4 aromatic rings. The lowest BCUT2D eigenvalue weighted by molar-refractivity contribution is -0.384. The van der Waals surface area contributed by atoms with Crippen molar-refractivity contribution in [2.75, 3.05) is 12.4 Å². The molecule has 218 valence electrons. The second kappa shape index (κ2) is 13.4. The number of nitrogens with one attached hydrogen (secondary N) is 2. The summed E-state index contributed by atoms with van der Waals surface area (Å²) in [4.78, 5) is 59.5. The number of amides is 2. The number of furan rings is 1. The molecule has 0 spiro atoms. The third kappa shape index (κ3) is 7.67. The van der Waals surface area contributed by atoms with E-state index in [2.05, 4.69) is 15.8 Å². The third-order valence-corrected chi connectivity index (χ3v) is 5.58. The van der Waals surface area contributed by atoms with Crippen LogP contribution in [-0.2, 0) is 4.79 Å². The Balaban J connectivity index is 1.46. The van der Waals surface area contributed by atoms with E-state index in [9.17, 15) is 29.3 Å². The lowest BCUT2D eigenvalue weighted by atomic mass is 10.1. The smallest absolute Gasteiger partial charge is 0.343 e. The minimum Gasteiger partial charge on any atom is -0.493 e. The van der Waals surface area contributed by atoms with Gasteiger partial charge in [0.05, 0.1) is 30.1 Å². The highest BCUT2D eigenvalue weighted by Crippen LogP contribution is 2.29. The third-order valence-electron chi connectivity index (χ3n) is 5.58. The first kappa shape index (κ1) is 29.7. The summed E-state index contributed by atoms with van der Waals surface area (Å²) in [6.07, 6.45) is 2.45. The van der Waals surface area contributed by atoms with Crippen LogP contribution in [0.1, 0.15) is 43.8 Å². The molecule has 0 atom stereocenters. The number of benzene rings is 3. The zero-order chi connectivity index (χ0) is 30.9. The lowest BCUT2D eigenvalue weighted by Crippen LogP contribution is -2.18. The average molecular weight is 587 g/mol. The van der Waals surface area contributed by atoms with Crippen molar-refractivity contribution in [1.82, 2.24) is 5.43 Å². The van der Waals surface area contributed by atoms with Crippen molar-refractivity contribution in [2.45, 2.75) is 6.92 Å². The van der Waals surface area contributed by atoms with Gasteiger partial charge in [-0.3, -0.25) is 24.5 Å². The quantitative estimate of drug-likeness (QED) is 0.0888. The molecule has 0 saturated carbocycles. The molecule has 1 aromatic heterocycles. The number of methoxy groups -OCH3 is 1. The number of hydrogen-bond acceptors (Lipinski definition) is 11. The van der Waals surface area contributed by atoms with E-state index in [1.165, 1.54) is 74.9 Å². The average Bonchev–Trinajstić information content (AvgIpc) is 3.53. The van der Waals surface area contributed by atoms with E-state index in [4.69, 9.17) is 18.6 Å². The largest absolute Gasteiger partial charge is 0.493 e. The molecule has 1 heterocycles. The fourth-order valence-corrected chi connectivity index (χ4v) is 3.57. The predicted molar refractivity (Wildman–Crippen MR) is 151 cm³/mol. The summed E-state index contributed by atoms with van der Waals surface area (Å²) in [5.41, 5.74) is 2.64. The molecule has 0 unspecified atom stereocenters. The summed E-state index contributed by atoms with van der Waals surface area (Å²) >= 11 is 0. The molecule has 2 amide bonds. The molecule has 0 radical (unpaired) electrons. The highest BCUT2D eigenvalue weighted by atomic mass is 16.6. The molecule has 3 aromatic carbocycles. The summed E-state index contributed by atoms with van der Waals surface area (Å²) < 4.78 is 20.6. The topological polar surface area (TPSA) is 189 Å². The van der Waals surface area contributed by atoms with Crippen LogP contribution < -0.4 is 25.0 Å². The van der Waals surface area contributed by atoms with E-state index in [0.29, 0.717) is 5.69 Å². The van der Waals surface area contributed by atoms with Crippen LogP contribution in [0.25, 0.3) is 0 Å². The number of rotatable bonds is 10. The predicted octanol–water partition coefficient (Wildman–Crippen LogP) is 4.36. The van der Waals surface area contributed by atoms with Crippen LogP contribution >= 0.6 is 0 Å². The van der Waals surface area contributed by atoms with Crippen LogP contribution in [0.5, 0.6) is 17.2 Å². The number of nitro benzene ring substituents is 1. The maximum absolute atomic E-state index is 12.8. The Morgan fingerprint density at radius 1 is 0.884 bits per heavy atom. The van der Waals surface area contributed by atoms with Gasteiger partial charge in [-0.15, -0.1) is 0 Å². The van der Waals surface area contributed by atoms with Crippen molar-refractivity contribution in [3.63, 3.8) is 0 Å². The second-order valence-electron chi connectivity index (χ2n) is 8.54. The van der Waals surface area contributed by atoms with Gasteiger partial charge in [-0.25, -0.2) is 10.2 Å². The van der Waals surface area contributed by atoms with Crippen molar-refractivity contribution in [3.05, 3.63) is 112 Å². The molecule has 0 aliphatic rings. The van der Waals surface area contributed by atoms with E-state index in [1.807, 2.05) is 0 Å². The molecular formula is C29H22N4O10. The first-order valence-electron chi connectivity index (χ1n) is 12.3. The van der Waals surface area contributed by atoms with Gasteiger partial charge in [0.1, 0.15) is 5.75 Å². The highest BCUT2D eigenvalue weighted by molar-refractivity contribution is 6.02. The van der Waals surface area contributed by atoms with Crippen LogP contribution in [0.15, 0.2) is 88.6 Å². The van der Waals surface area contributed by atoms with E-state index < -0.39 is 28.7 Å². The number of nitrogens with zero attached hydrogens (tertiary/aromatic N) is 2. The second-order valence-corrected chi connectivity index (χ2v) is 8.54. The number of ether oxygens (including phenoxy) is 3. The van der Waals surface area contributed by atoms with Crippen LogP contribution in [0, 0.1) is 10.1 Å². The van der Waals surface area contributed by atoms with Gasteiger partial charge in [0.15, 0.2) is 17.3 Å². The molecule has 14 nitrogen and oxygen atoms in total. The van der Waals surface area contributed by atoms with Gasteiger partial charge in [-0.05, 0) is 60.7 Å². The van der Waals surface area contributed by atoms with Gasteiger partial charge in [0.2, 0.25) is 0 Å². The van der Waals surface area contributed by atoms with Crippen LogP contribution in [0.3, 0.4) is 0 Å². The molecule has 0 fully saturated rings. The summed E-state index contributed by atoms with van der Waals surface area (Å²) in [6.45, 7) is 1.21. The van der Waals surface area contributed by atoms with Gasteiger partial charge in [-0.1, -0.05) is 0 Å². The lowest BCUT2D eigenvalue weighted by Gasteiger charge is -2.11. The maximum atomic E-state index is 12.8. The molecular weight excluding hydrogens is 564 g/mol. The van der Waals surface area contributed by atoms with Crippen molar-refractivity contribution in [2.24, 2.45) is 5.10 Å². The summed E-state index contributed by atoms with van der Waals surface area (Å²) in [7, 11) is 1.32. The number of carbonyl (C=O) groups is 4. The number of nitro groups is 1. The van der Waals surface area contributed by atoms with Crippen molar-refractivity contribution < 1.29 is 42.7 Å². The Bertz CT molecular complexity index is 1710.